The van der Waals surface area contributed by atoms with Gasteiger partial charge in [-0.05, 0) is 63.5 Å². The molecule has 1 aromatic carbocycles. The van der Waals surface area contributed by atoms with E-state index in [0.29, 0.717) is 6.54 Å². The van der Waals surface area contributed by atoms with Gasteiger partial charge in [-0.25, -0.2) is 0 Å². The lowest BCUT2D eigenvalue weighted by Crippen LogP contribution is -2.43. The first kappa shape index (κ1) is 18.5. The molecule has 1 amide bonds. The van der Waals surface area contributed by atoms with Crippen LogP contribution in [0.4, 0.5) is 0 Å². The first-order valence-corrected chi connectivity index (χ1v) is 10.5. The van der Waals surface area contributed by atoms with Crippen LogP contribution in [-0.4, -0.2) is 65.7 Å². The molecule has 0 radical (unpaired) electrons. The Morgan fingerprint density at radius 3 is 2.78 bits per heavy atom. The molecule has 1 atom stereocenters. The van der Waals surface area contributed by atoms with Gasteiger partial charge in [-0.1, -0.05) is 6.42 Å². The van der Waals surface area contributed by atoms with Gasteiger partial charge in [-0.15, -0.1) is 0 Å². The maximum atomic E-state index is 13.2. The van der Waals surface area contributed by atoms with E-state index in [1.807, 2.05) is 17.0 Å². The summed E-state index contributed by atoms with van der Waals surface area (Å²) in [6, 6.07) is 8.18. The molecule has 0 N–H and O–H groups in total. The maximum Gasteiger partial charge on any atom is 0.253 e. The normalized spacial score (nSPS) is 22.1. The smallest absolute Gasteiger partial charge is 0.253 e. The van der Waals surface area contributed by atoms with Gasteiger partial charge in [-0.2, -0.15) is 0 Å². The van der Waals surface area contributed by atoms with Crippen LogP contribution in [0.25, 0.3) is 10.9 Å². The summed E-state index contributed by atoms with van der Waals surface area (Å²) in [6.07, 6.45) is 7.04. The second-order valence-electron chi connectivity index (χ2n) is 7.83. The number of nitrogens with zero attached hydrogens (tertiary/aromatic N) is 3. The van der Waals surface area contributed by atoms with Crippen molar-refractivity contribution in [3.63, 3.8) is 0 Å². The third kappa shape index (κ3) is 4.19. The van der Waals surface area contributed by atoms with Gasteiger partial charge < -0.3 is 19.1 Å². The van der Waals surface area contributed by atoms with Crippen LogP contribution in [0.2, 0.25) is 0 Å². The summed E-state index contributed by atoms with van der Waals surface area (Å²) < 4.78 is 8.28. The molecule has 2 saturated heterocycles. The molecule has 3 heterocycles. The van der Waals surface area contributed by atoms with Crippen molar-refractivity contribution in [3.8, 4) is 0 Å². The highest BCUT2D eigenvalue weighted by Crippen LogP contribution is 2.20. The van der Waals surface area contributed by atoms with Crippen molar-refractivity contribution in [2.75, 3.05) is 39.3 Å². The molecule has 0 saturated carbocycles. The molecule has 4 rings (SSSR count). The SMILES string of the molecule is CCn1ccc2cc(C(=O)N3CCCOC(CN4CCCCC4)C3)ccc21. The minimum Gasteiger partial charge on any atom is -0.375 e. The molecule has 5 heteroatoms. The van der Waals surface area contributed by atoms with Crippen molar-refractivity contribution in [2.24, 2.45) is 0 Å². The van der Waals surface area contributed by atoms with Gasteiger partial charge >= 0.3 is 0 Å². The average molecular weight is 370 g/mol. The second kappa shape index (κ2) is 8.44. The molecule has 0 aliphatic carbocycles. The van der Waals surface area contributed by atoms with Crippen LogP contribution >= 0.6 is 0 Å². The molecule has 146 valence electrons. The van der Waals surface area contributed by atoms with E-state index in [-0.39, 0.29) is 12.0 Å². The zero-order valence-corrected chi connectivity index (χ0v) is 16.4. The molecular weight excluding hydrogens is 338 g/mol. The highest BCUT2D eigenvalue weighted by molar-refractivity contribution is 5.98. The second-order valence-corrected chi connectivity index (χ2v) is 7.83. The number of carbonyl (C=O) groups excluding carboxylic acids is 1. The number of hydrogen-bond donors (Lipinski definition) is 0. The molecule has 2 aliphatic rings. The predicted molar refractivity (Wildman–Crippen MR) is 108 cm³/mol. The summed E-state index contributed by atoms with van der Waals surface area (Å²) in [5.41, 5.74) is 1.98. The summed E-state index contributed by atoms with van der Waals surface area (Å²) in [5.74, 6) is 0.135. The quantitative estimate of drug-likeness (QED) is 0.829. The molecule has 2 fully saturated rings. The standard InChI is InChI=1S/C22H31N3O2/c1-2-24-13-9-18-15-19(7-8-21(18)24)22(26)25-12-6-14-27-20(17-25)16-23-10-4-3-5-11-23/h7-9,13,15,20H,2-6,10-12,14,16-17H2,1H3. The van der Waals surface area contributed by atoms with Crippen molar-refractivity contribution in [1.29, 1.82) is 0 Å². The van der Waals surface area contributed by atoms with Gasteiger partial charge in [0.15, 0.2) is 0 Å². The topological polar surface area (TPSA) is 37.7 Å². The minimum atomic E-state index is 0.124. The summed E-state index contributed by atoms with van der Waals surface area (Å²) in [5, 5.41) is 1.14. The first-order valence-electron chi connectivity index (χ1n) is 10.5. The summed E-state index contributed by atoms with van der Waals surface area (Å²) in [4.78, 5) is 17.7. The summed E-state index contributed by atoms with van der Waals surface area (Å²) in [6.45, 7) is 8.59. The number of carbonyl (C=O) groups is 1. The number of fused-ring (bicyclic) bond motifs is 1. The highest BCUT2D eigenvalue weighted by atomic mass is 16.5. The van der Waals surface area contributed by atoms with Crippen molar-refractivity contribution in [2.45, 2.75) is 45.3 Å². The molecule has 27 heavy (non-hydrogen) atoms. The molecule has 0 bridgehead atoms. The Bertz CT molecular complexity index is 779. The van der Waals surface area contributed by atoms with E-state index in [2.05, 4.69) is 34.7 Å². The maximum absolute atomic E-state index is 13.2. The number of aromatic nitrogens is 1. The van der Waals surface area contributed by atoms with E-state index in [1.54, 1.807) is 0 Å². The number of piperidine rings is 1. The Hall–Kier alpha value is -1.85. The molecule has 1 unspecified atom stereocenters. The summed E-state index contributed by atoms with van der Waals surface area (Å²) in [7, 11) is 0. The molecule has 2 aromatic rings. The zero-order valence-electron chi connectivity index (χ0n) is 16.4. The Morgan fingerprint density at radius 2 is 1.96 bits per heavy atom. The van der Waals surface area contributed by atoms with Crippen LogP contribution in [0.1, 0.15) is 43.0 Å². The van der Waals surface area contributed by atoms with E-state index in [1.165, 1.54) is 37.9 Å². The molecule has 2 aliphatic heterocycles. The van der Waals surface area contributed by atoms with E-state index < -0.39 is 0 Å². The molecule has 5 nitrogen and oxygen atoms in total. The lowest BCUT2D eigenvalue weighted by atomic mass is 10.1. The lowest BCUT2D eigenvalue weighted by molar-refractivity contribution is 0.0216. The fourth-order valence-corrected chi connectivity index (χ4v) is 4.41. The Kier molecular flexibility index (Phi) is 5.79. The first-order chi connectivity index (χ1) is 13.2. The Balaban J connectivity index is 1.46. The van der Waals surface area contributed by atoms with E-state index in [4.69, 9.17) is 4.74 Å². The number of likely N-dealkylation sites (tertiary alicyclic amines) is 1. The number of aryl methyl sites for hydroxylation is 1. The van der Waals surface area contributed by atoms with Gasteiger partial charge in [0.2, 0.25) is 0 Å². The van der Waals surface area contributed by atoms with Crippen LogP contribution in [0.5, 0.6) is 0 Å². The number of ether oxygens (including phenoxy) is 1. The fraction of sp³-hybridized carbons (Fsp3) is 0.591. The molecule has 1 aromatic heterocycles. The lowest BCUT2D eigenvalue weighted by Gasteiger charge is -2.31. The Morgan fingerprint density at radius 1 is 1.11 bits per heavy atom. The van der Waals surface area contributed by atoms with Crippen LogP contribution in [0.3, 0.4) is 0 Å². The van der Waals surface area contributed by atoms with E-state index >= 15 is 0 Å². The number of hydrogen-bond acceptors (Lipinski definition) is 3. The average Bonchev–Trinajstić information content (AvgIpc) is 2.98. The molecular formula is C22H31N3O2. The van der Waals surface area contributed by atoms with Gasteiger partial charge in [0, 0.05) is 55.4 Å². The zero-order chi connectivity index (χ0) is 18.6. The fourth-order valence-electron chi connectivity index (χ4n) is 4.41. The van der Waals surface area contributed by atoms with E-state index in [0.717, 1.165) is 43.6 Å². The van der Waals surface area contributed by atoms with E-state index in [9.17, 15) is 4.79 Å². The van der Waals surface area contributed by atoms with Crippen LogP contribution in [0.15, 0.2) is 30.5 Å². The van der Waals surface area contributed by atoms with Gasteiger partial charge in [0.05, 0.1) is 6.10 Å². The van der Waals surface area contributed by atoms with Crippen molar-refractivity contribution in [3.05, 3.63) is 36.0 Å². The van der Waals surface area contributed by atoms with Crippen LogP contribution < -0.4 is 0 Å². The Labute approximate surface area is 161 Å². The predicted octanol–water partition coefficient (Wildman–Crippen LogP) is 3.38. The van der Waals surface area contributed by atoms with Gasteiger partial charge in [0.25, 0.3) is 5.91 Å². The molecule has 0 spiro atoms. The number of rotatable bonds is 4. The van der Waals surface area contributed by atoms with Crippen LogP contribution in [-0.2, 0) is 11.3 Å². The third-order valence-corrected chi connectivity index (χ3v) is 5.91. The highest BCUT2D eigenvalue weighted by Gasteiger charge is 2.25. The van der Waals surface area contributed by atoms with Gasteiger partial charge in [0.1, 0.15) is 0 Å². The van der Waals surface area contributed by atoms with Crippen molar-refractivity contribution < 1.29 is 9.53 Å². The van der Waals surface area contributed by atoms with Gasteiger partial charge in [-0.3, -0.25) is 4.79 Å². The monoisotopic (exact) mass is 369 g/mol. The van der Waals surface area contributed by atoms with Crippen LogP contribution in [0, 0.1) is 0 Å². The van der Waals surface area contributed by atoms with Crippen molar-refractivity contribution in [1.82, 2.24) is 14.4 Å². The third-order valence-electron chi connectivity index (χ3n) is 5.91. The summed E-state index contributed by atoms with van der Waals surface area (Å²) >= 11 is 0. The minimum absolute atomic E-state index is 0.124. The largest absolute Gasteiger partial charge is 0.375 e. The number of benzene rings is 1. The number of amides is 1. The van der Waals surface area contributed by atoms with Crippen molar-refractivity contribution >= 4 is 16.8 Å².